The lowest BCUT2D eigenvalue weighted by atomic mass is 10.1. The minimum Gasteiger partial charge on any atom is -0.497 e. The Morgan fingerprint density at radius 2 is 1.82 bits per heavy atom. The Kier molecular flexibility index (Phi) is 5.43. The van der Waals surface area contributed by atoms with Crippen LogP contribution in [0.2, 0.25) is 0 Å². The number of benzene rings is 2. The van der Waals surface area contributed by atoms with Gasteiger partial charge in [0, 0.05) is 29.6 Å². The predicted octanol–water partition coefficient (Wildman–Crippen LogP) is 4.45. The summed E-state index contributed by atoms with van der Waals surface area (Å²) in [7, 11) is 1.67. The standard InChI is InChI=1S/C21H21N5OS/c1-3-25-15-22-23-21(25)28-14-17-13-26(18-7-5-4-6-8-18)24-20(17)16-9-11-19(27-2)12-10-16/h4-13,15H,3,14H2,1-2H3. The van der Waals surface area contributed by atoms with Gasteiger partial charge in [0.25, 0.3) is 0 Å². The summed E-state index contributed by atoms with van der Waals surface area (Å²) in [6, 6.07) is 18.1. The normalized spacial score (nSPS) is 10.9. The summed E-state index contributed by atoms with van der Waals surface area (Å²) < 4.78 is 9.26. The van der Waals surface area contributed by atoms with Crippen LogP contribution in [-0.4, -0.2) is 31.7 Å². The van der Waals surface area contributed by atoms with Crippen LogP contribution in [0.1, 0.15) is 12.5 Å². The smallest absolute Gasteiger partial charge is 0.191 e. The Morgan fingerprint density at radius 1 is 1.04 bits per heavy atom. The first-order valence-electron chi connectivity index (χ1n) is 9.07. The summed E-state index contributed by atoms with van der Waals surface area (Å²) in [5.41, 5.74) is 4.19. The molecule has 0 fully saturated rings. The topological polar surface area (TPSA) is 57.8 Å². The molecule has 4 rings (SSSR count). The number of hydrogen-bond donors (Lipinski definition) is 0. The van der Waals surface area contributed by atoms with Gasteiger partial charge in [-0.2, -0.15) is 5.10 Å². The summed E-state index contributed by atoms with van der Waals surface area (Å²) in [6.07, 6.45) is 3.86. The third-order valence-electron chi connectivity index (χ3n) is 4.45. The van der Waals surface area contributed by atoms with Gasteiger partial charge in [-0.25, -0.2) is 4.68 Å². The maximum atomic E-state index is 5.28. The predicted molar refractivity (Wildman–Crippen MR) is 111 cm³/mol. The number of rotatable bonds is 7. The zero-order valence-electron chi connectivity index (χ0n) is 15.8. The molecular formula is C21H21N5OS. The Labute approximate surface area is 168 Å². The van der Waals surface area contributed by atoms with Crippen LogP contribution in [0.15, 0.2) is 72.3 Å². The number of methoxy groups -OCH3 is 1. The van der Waals surface area contributed by atoms with Crippen molar-refractivity contribution in [2.24, 2.45) is 0 Å². The van der Waals surface area contributed by atoms with E-state index in [1.54, 1.807) is 25.2 Å². The number of aryl methyl sites for hydroxylation is 1. The average Bonchev–Trinajstić information content (AvgIpc) is 3.39. The molecule has 0 saturated heterocycles. The molecule has 7 heteroatoms. The van der Waals surface area contributed by atoms with Gasteiger partial charge in [0.1, 0.15) is 12.1 Å². The molecule has 4 aromatic rings. The van der Waals surface area contributed by atoms with Crippen LogP contribution in [0.4, 0.5) is 0 Å². The van der Waals surface area contributed by atoms with E-state index in [1.165, 1.54) is 0 Å². The second-order valence-electron chi connectivity index (χ2n) is 6.20. The van der Waals surface area contributed by atoms with Crippen molar-refractivity contribution in [1.29, 1.82) is 0 Å². The van der Waals surface area contributed by atoms with Gasteiger partial charge in [-0.1, -0.05) is 30.0 Å². The number of nitrogens with zero attached hydrogens (tertiary/aromatic N) is 5. The van der Waals surface area contributed by atoms with Gasteiger partial charge in [0.15, 0.2) is 5.16 Å². The highest BCUT2D eigenvalue weighted by Gasteiger charge is 2.14. The van der Waals surface area contributed by atoms with Gasteiger partial charge in [0.2, 0.25) is 0 Å². The van der Waals surface area contributed by atoms with Gasteiger partial charge in [-0.15, -0.1) is 10.2 Å². The second kappa shape index (κ2) is 8.31. The monoisotopic (exact) mass is 391 g/mol. The largest absolute Gasteiger partial charge is 0.497 e. The van der Waals surface area contributed by atoms with Gasteiger partial charge >= 0.3 is 0 Å². The van der Waals surface area contributed by atoms with Gasteiger partial charge < -0.3 is 9.30 Å². The first-order chi connectivity index (χ1) is 13.8. The number of aromatic nitrogens is 5. The van der Waals surface area contributed by atoms with Crippen LogP contribution in [0.5, 0.6) is 5.75 Å². The molecule has 142 valence electrons. The molecule has 0 radical (unpaired) electrons. The van der Waals surface area contributed by atoms with E-state index in [2.05, 4.69) is 35.5 Å². The highest BCUT2D eigenvalue weighted by Crippen LogP contribution is 2.30. The molecule has 0 bridgehead atoms. The van der Waals surface area contributed by atoms with Crippen LogP contribution in [0.25, 0.3) is 16.9 Å². The quantitative estimate of drug-likeness (QED) is 0.436. The fourth-order valence-corrected chi connectivity index (χ4v) is 3.88. The molecule has 0 aliphatic rings. The van der Waals surface area contributed by atoms with Crippen LogP contribution in [0, 0.1) is 0 Å². The summed E-state index contributed by atoms with van der Waals surface area (Å²) in [6.45, 7) is 2.94. The molecule has 2 heterocycles. The van der Waals surface area contributed by atoms with E-state index >= 15 is 0 Å². The Hall–Kier alpha value is -3.06. The summed E-state index contributed by atoms with van der Waals surface area (Å²) in [5, 5.41) is 14.0. The van der Waals surface area contributed by atoms with Gasteiger partial charge in [-0.3, -0.25) is 0 Å². The van der Waals surface area contributed by atoms with E-state index < -0.39 is 0 Å². The molecule has 0 aliphatic carbocycles. The second-order valence-corrected chi connectivity index (χ2v) is 7.14. The van der Waals surface area contributed by atoms with Crippen molar-refractivity contribution < 1.29 is 4.74 Å². The van der Waals surface area contributed by atoms with Crippen LogP contribution in [0.3, 0.4) is 0 Å². The molecule has 0 N–H and O–H groups in total. The third-order valence-corrected chi connectivity index (χ3v) is 5.48. The van der Waals surface area contributed by atoms with E-state index in [-0.39, 0.29) is 0 Å². The molecular weight excluding hydrogens is 370 g/mol. The van der Waals surface area contributed by atoms with Crippen molar-refractivity contribution in [3.05, 3.63) is 72.7 Å². The van der Waals surface area contributed by atoms with Crippen LogP contribution in [-0.2, 0) is 12.3 Å². The fourth-order valence-electron chi connectivity index (χ4n) is 2.94. The molecule has 2 aromatic carbocycles. The maximum absolute atomic E-state index is 5.28. The van der Waals surface area contributed by atoms with E-state index in [0.29, 0.717) is 0 Å². The SMILES string of the molecule is CCn1cnnc1SCc1cn(-c2ccccc2)nc1-c1ccc(OC)cc1. The lowest BCUT2D eigenvalue weighted by Gasteiger charge is -2.05. The van der Waals surface area contributed by atoms with Crippen molar-refractivity contribution in [3.8, 4) is 22.7 Å². The maximum Gasteiger partial charge on any atom is 0.191 e. The molecule has 6 nitrogen and oxygen atoms in total. The number of hydrogen-bond acceptors (Lipinski definition) is 5. The number of ether oxygens (including phenoxy) is 1. The van der Waals surface area contributed by atoms with E-state index in [9.17, 15) is 0 Å². The first kappa shape index (κ1) is 18.3. The molecule has 0 atom stereocenters. The van der Waals surface area contributed by atoms with Gasteiger partial charge in [-0.05, 0) is 43.3 Å². The zero-order valence-corrected chi connectivity index (χ0v) is 16.6. The lowest BCUT2D eigenvalue weighted by molar-refractivity contribution is 0.415. The molecule has 0 aliphatic heterocycles. The molecule has 28 heavy (non-hydrogen) atoms. The van der Waals surface area contributed by atoms with Crippen LogP contribution < -0.4 is 4.74 Å². The van der Waals surface area contributed by atoms with E-state index in [4.69, 9.17) is 9.84 Å². The van der Waals surface area contributed by atoms with Crippen molar-refractivity contribution in [1.82, 2.24) is 24.5 Å². The number of thioether (sulfide) groups is 1. The Morgan fingerprint density at radius 3 is 2.54 bits per heavy atom. The molecule has 0 unspecified atom stereocenters. The van der Waals surface area contributed by atoms with Crippen molar-refractivity contribution in [3.63, 3.8) is 0 Å². The average molecular weight is 392 g/mol. The Bertz CT molecular complexity index is 1040. The molecule has 0 spiro atoms. The third kappa shape index (κ3) is 3.80. The fraction of sp³-hybridized carbons (Fsp3) is 0.190. The first-order valence-corrected chi connectivity index (χ1v) is 10.1. The zero-order chi connectivity index (χ0) is 19.3. The molecule has 0 saturated carbocycles. The highest BCUT2D eigenvalue weighted by atomic mass is 32.2. The highest BCUT2D eigenvalue weighted by molar-refractivity contribution is 7.98. The molecule has 0 amide bonds. The minimum atomic E-state index is 0.757. The van der Waals surface area contributed by atoms with E-state index in [1.807, 2.05) is 51.7 Å². The lowest BCUT2D eigenvalue weighted by Crippen LogP contribution is -1.95. The minimum absolute atomic E-state index is 0.757. The number of para-hydroxylation sites is 1. The summed E-state index contributed by atoms with van der Waals surface area (Å²) in [4.78, 5) is 0. The van der Waals surface area contributed by atoms with E-state index in [0.717, 1.165) is 45.7 Å². The van der Waals surface area contributed by atoms with Gasteiger partial charge in [0.05, 0.1) is 18.5 Å². The molecule has 2 aromatic heterocycles. The van der Waals surface area contributed by atoms with Crippen LogP contribution >= 0.6 is 11.8 Å². The van der Waals surface area contributed by atoms with Crippen molar-refractivity contribution >= 4 is 11.8 Å². The van der Waals surface area contributed by atoms with Crippen molar-refractivity contribution in [2.45, 2.75) is 24.4 Å². The summed E-state index contributed by atoms with van der Waals surface area (Å²) >= 11 is 1.67. The summed E-state index contributed by atoms with van der Waals surface area (Å²) in [5.74, 6) is 1.59. The Balaban J connectivity index is 1.69. The van der Waals surface area contributed by atoms with Crippen molar-refractivity contribution in [2.75, 3.05) is 7.11 Å².